The lowest BCUT2D eigenvalue weighted by molar-refractivity contribution is -0.148. The normalized spacial score (nSPS) is 19.7. The first kappa shape index (κ1) is 24.7. The van der Waals surface area contributed by atoms with E-state index in [1.54, 1.807) is 0 Å². The number of carboxylic acids is 1. The summed E-state index contributed by atoms with van der Waals surface area (Å²) in [6.07, 6.45) is 0.294. The summed E-state index contributed by atoms with van der Waals surface area (Å²) in [4.78, 5) is 38.3. The van der Waals surface area contributed by atoms with Crippen molar-refractivity contribution in [3.05, 3.63) is 59.7 Å². The average molecular weight is 481 g/mol. The monoisotopic (exact) mass is 480 g/mol. The maximum atomic E-state index is 12.8. The number of carbonyl (C=O) groups is 3. The van der Waals surface area contributed by atoms with Crippen molar-refractivity contribution in [3.8, 4) is 11.1 Å². The molecular formula is C27H32N2O6. The molecule has 0 aromatic heterocycles. The number of benzene rings is 2. The van der Waals surface area contributed by atoms with Gasteiger partial charge in [0, 0.05) is 39.0 Å². The minimum atomic E-state index is -1.03. The van der Waals surface area contributed by atoms with Gasteiger partial charge in [0.05, 0.1) is 6.10 Å². The first-order valence-corrected chi connectivity index (χ1v) is 12.1. The standard InChI is InChI=1S/C27H32N2O6/c1-3-17(12-25(30)29-15-18(34-2)13-24(29)26(31)32)14-28-27(33)35-16-23-21-10-6-4-8-19(21)20-9-5-7-11-22(20)23/h4-11,17-18,23-24H,3,12-16H2,1-2H3,(H,28,33)(H,31,32). The highest BCUT2D eigenvalue weighted by Crippen LogP contribution is 2.44. The van der Waals surface area contributed by atoms with Gasteiger partial charge in [-0.2, -0.15) is 0 Å². The average Bonchev–Trinajstić information content (AvgIpc) is 3.45. The van der Waals surface area contributed by atoms with E-state index in [0.717, 1.165) is 11.1 Å². The number of fused-ring (bicyclic) bond motifs is 3. The van der Waals surface area contributed by atoms with Crippen molar-refractivity contribution in [1.82, 2.24) is 10.2 Å². The van der Waals surface area contributed by atoms with Crippen LogP contribution in [0.25, 0.3) is 11.1 Å². The zero-order valence-corrected chi connectivity index (χ0v) is 20.1. The van der Waals surface area contributed by atoms with Gasteiger partial charge in [-0.15, -0.1) is 0 Å². The predicted molar refractivity (Wildman–Crippen MR) is 130 cm³/mol. The Bertz CT molecular complexity index is 1040. The van der Waals surface area contributed by atoms with E-state index in [1.807, 2.05) is 31.2 Å². The molecule has 1 saturated heterocycles. The second kappa shape index (κ2) is 10.9. The first-order chi connectivity index (χ1) is 16.9. The number of aliphatic carboxylic acids is 1. The number of alkyl carbamates (subject to hydrolysis) is 1. The third kappa shape index (κ3) is 5.32. The maximum absolute atomic E-state index is 12.8. The molecule has 3 atom stereocenters. The number of likely N-dealkylation sites (tertiary alicyclic amines) is 1. The highest BCUT2D eigenvalue weighted by Gasteiger charge is 2.40. The van der Waals surface area contributed by atoms with E-state index in [9.17, 15) is 19.5 Å². The Balaban J connectivity index is 1.30. The Labute approximate surface area is 205 Å². The molecule has 4 rings (SSSR count). The van der Waals surface area contributed by atoms with Crippen molar-refractivity contribution in [1.29, 1.82) is 0 Å². The summed E-state index contributed by atoms with van der Waals surface area (Å²) in [6, 6.07) is 15.4. The first-order valence-electron chi connectivity index (χ1n) is 12.1. The van der Waals surface area contributed by atoms with Crippen molar-refractivity contribution in [2.45, 2.75) is 44.2 Å². The molecule has 2 aromatic rings. The topological polar surface area (TPSA) is 105 Å². The SMILES string of the molecule is CCC(CNC(=O)OCC1c2ccccc2-c2ccccc21)CC(=O)N1CC(OC)CC1C(=O)O. The van der Waals surface area contributed by atoms with E-state index in [-0.39, 0.29) is 56.4 Å². The molecular weight excluding hydrogens is 448 g/mol. The van der Waals surface area contributed by atoms with Crippen LogP contribution in [0.5, 0.6) is 0 Å². The smallest absolute Gasteiger partial charge is 0.407 e. The lowest BCUT2D eigenvalue weighted by Gasteiger charge is -2.24. The predicted octanol–water partition coefficient (Wildman–Crippen LogP) is 3.64. The molecule has 0 bridgehead atoms. The van der Waals surface area contributed by atoms with Crippen LogP contribution in [0.3, 0.4) is 0 Å². The van der Waals surface area contributed by atoms with Gasteiger partial charge in [0.25, 0.3) is 0 Å². The van der Waals surface area contributed by atoms with E-state index in [1.165, 1.54) is 23.1 Å². The number of hydrogen-bond donors (Lipinski definition) is 2. The molecule has 1 heterocycles. The van der Waals surface area contributed by atoms with Crippen LogP contribution in [0.15, 0.2) is 48.5 Å². The van der Waals surface area contributed by atoms with Gasteiger partial charge < -0.3 is 24.8 Å². The molecule has 1 aliphatic heterocycles. The number of hydrogen-bond acceptors (Lipinski definition) is 5. The summed E-state index contributed by atoms with van der Waals surface area (Å²) in [5.74, 6) is -1.41. The molecule has 2 aliphatic rings. The molecule has 2 aromatic carbocycles. The molecule has 1 aliphatic carbocycles. The van der Waals surface area contributed by atoms with Crippen LogP contribution in [0.4, 0.5) is 4.79 Å². The van der Waals surface area contributed by atoms with Gasteiger partial charge in [-0.25, -0.2) is 9.59 Å². The van der Waals surface area contributed by atoms with Crippen molar-refractivity contribution in [3.63, 3.8) is 0 Å². The Hall–Kier alpha value is -3.39. The number of carboxylic acid groups (broad SMARTS) is 1. The van der Waals surface area contributed by atoms with Gasteiger partial charge in [-0.3, -0.25) is 4.79 Å². The second-order valence-electron chi connectivity index (χ2n) is 9.18. The van der Waals surface area contributed by atoms with Crippen LogP contribution in [-0.2, 0) is 19.1 Å². The lowest BCUT2D eigenvalue weighted by atomic mass is 9.98. The number of ether oxygens (including phenoxy) is 2. The van der Waals surface area contributed by atoms with Crippen LogP contribution >= 0.6 is 0 Å². The highest BCUT2D eigenvalue weighted by atomic mass is 16.5. The molecule has 2 N–H and O–H groups in total. The zero-order chi connectivity index (χ0) is 24.9. The summed E-state index contributed by atoms with van der Waals surface area (Å²) in [7, 11) is 1.52. The van der Waals surface area contributed by atoms with Gasteiger partial charge in [0.2, 0.25) is 5.91 Å². The lowest BCUT2D eigenvalue weighted by Crippen LogP contribution is -2.42. The van der Waals surface area contributed by atoms with Gasteiger partial charge in [0.15, 0.2) is 0 Å². The summed E-state index contributed by atoms with van der Waals surface area (Å²) in [5.41, 5.74) is 4.62. The maximum Gasteiger partial charge on any atom is 0.407 e. The van der Waals surface area contributed by atoms with E-state index < -0.39 is 18.1 Å². The molecule has 3 unspecified atom stereocenters. The van der Waals surface area contributed by atoms with E-state index in [2.05, 4.69) is 29.6 Å². The molecule has 8 heteroatoms. The number of carbonyl (C=O) groups excluding carboxylic acids is 2. The number of rotatable bonds is 9. The van der Waals surface area contributed by atoms with Crippen LogP contribution < -0.4 is 5.32 Å². The van der Waals surface area contributed by atoms with Crippen molar-refractivity contribution in [2.75, 3.05) is 26.8 Å². The van der Waals surface area contributed by atoms with Gasteiger partial charge >= 0.3 is 12.1 Å². The zero-order valence-electron chi connectivity index (χ0n) is 20.1. The summed E-state index contributed by atoms with van der Waals surface area (Å²) < 4.78 is 10.8. The summed E-state index contributed by atoms with van der Waals surface area (Å²) >= 11 is 0. The van der Waals surface area contributed by atoms with Crippen LogP contribution in [0.2, 0.25) is 0 Å². The molecule has 0 radical (unpaired) electrons. The fourth-order valence-electron chi connectivity index (χ4n) is 5.08. The van der Waals surface area contributed by atoms with E-state index >= 15 is 0 Å². The van der Waals surface area contributed by atoms with Gasteiger partial charge in [-0.05, 0) is 28.2 Å². The fourth-order valence-corrected chi connectivity index (χ4v) is 5.08. The molecule has 2 amide bonds. The third-order valence-electron chi connectivity index (χ3n) is 7.12. The molecule has 35 heavy (non-hydrogen) atoms. The van der Waals surface area contributed by atoms with E-state index in [0.29, 0.717) is 6.42 Å². The summed E-state index contributed by atoms with van der Waals surface area (Å²) in [5, 5.41) is 12.2. The van der Waals surface area contributed by atoms with Crippen LogP contribution in [-0.4, -0.2) is 66.9 Å². The molecule has 0 spiro atoms. The molecule has 186 valence electrons. The minimum absolute atomic E-state index is 0.0199. The Morgan fingerprint density at radius 2 is 1.71 bits per heavy atom. The van der Waals surface area contributed by atoms with Crippen molar-refractivity contribution in [2.24, 2.45) is 5.92 Å². The minimum Gasteiger partial charge on any atom is -0.480 e. The molecule has 1 fully saturated rings. The quantitative estimate of drug-likeness (QED) is 0.568. The van der Waals surface area contributed by atoms with Crippen LogP contribution in [0.1, 0.15) is 43.2 Å². The highest BCUT2D eigenvalue weighted by molar-refractivity contribution is 5.84. The third-order valence-corrected chi connectivity index (χ3v) is 7.12. The van der Waals surface area contributed by atoms with Crippen molar-refractivity contribution >= 4 is 18.0 Å². The largest absolute Gasteiger partial charge is 0.480 e. The second-order valence-corrected chi connectivity index (χ2v) is 9.18. The van der Waals surface area contributed by atoms with E-state index in [4.69, 9.17) is 9.47 Å². The fraction of sp³-hybridized carbons (Fsp3) is 0.444. The Morgan fingerprint density at radius 3 is 2.29 bits per heavy atom. The summed E-state index contributed by atoms with van der Waals surface area (Å²) in [6.45, 7) is 2.71. The number of methoxy groups -OCH3 is 1. The van der Waals surface area contributed by atoms with Crippen LogP contribution in [0, 0.1) is 5.92 Å². The number of nitrogens with zero attached hydrogens (tertiary/aromatic N) is 1. The molecule has 8 nitrogen and oxygen atoms in total. The number of amides is 2. The van der Waals surface area contributed by atoms with Gasteiger partial charge in [-0.1, -0.05) is 61.9 Å². The Kier molecular flexibility index (Phi) is 7.70. The molecule has 0 saturated carbocycles. The van der Waals surface area contributed by atoms with Gasteiger partial charge in [0.1, 0.15) is 12.6 Å². The number of nitrogens with one attached hydrogen (secondary N) is 1. The Morgan fingerprint density at radius 1 is 1.09 bits per heavy atom. The van der Waals surface area contributed by atoms with Crippen molar-refractivity contribution < 1.29 is 29.0 Å².